The molecule has 4 heteroatoms. The van der Waals surface area contributed by atoms with Gasteiger partial charge in [0.15, 0.2) is 0 Å². The van der Waals surface area contributed by atoms with Crippen LogP contribution in [0, 0.1) is 0 Å². The van der Waals surface area contributed by atoms with Gasteiger partial charge < -0.3 is 15.6 Å². The monoisotopic (exact) mass is 196 g/mol. The molecular formula is C10H20N4. The normalized spacial score (nSPS) is 15.8. The van der Waals surface area contributed by atoms with Gasteiger partial charge in [0.25, 0.3) is 0 Å². The van der Waals surface area contributed by atoms with E-state index in [9.17, 15) is 0 Å². The molecule has 80 valence electrons. The maximum atomic E-state index is 6.20. The van der Waals surface area contributed by atoms with E-state index in [2.05, 4.69) is 28.7 Å². The van der Waals surface area contributed by atoms with Gasteiger partial charge in [-0.1, -0.05) is 13.8 Å². The Balaban J connectivity index is 2.66. The average molecular weight is 196 g/mol. The van der Waals surface area contributed by atoms with Crippen LogP contribution in [0.25, 0.3) is 0 Å². The molecule has 1 rings (SSSR count). The molecule has 0 saturated carbocycles. The maximum absolute atomic E-state index is 6.20. The van der Waals surface area contributed by atoms with Crippen molar-refractivity contribution in [3.05, 3.63) is 18.2 Å². The highest BCUT2D eigenvalue weighted by Gasteiger charge is 2.25. The van der Waals surface area contributed by atoms with Crippen LogP contribution in [-0.4, -0.2) is 34.5 Å². The van der Waals surface area contributed by atoms with Gasteiger partial charge in [-0.2, -0.15) is 0 Å². The summed E-state index contributed by atoms with van der Waals surface area (Å²) in [5.41, 5.74) is 5.81. The lowest BCUT2D eigenvalue weighted by Crippen LogP contribution is -2.46. The summed E-state index contributed by atoms with van der Waals surface area (Å²) in [6.45, 7) is 9.15. The smallest absolute Gasteiger partial charge is 0.127 e. The fourth-order valence-electron chi connectivity index (χ4n) is 1.56. The molecule has 0 fully saturated rings. The average Bonchev–Trinajstić information content (AvgIpc) is 2.67. The van der Waals surface area contributed by atoms with Crippen LogP contribution in [0.15, 0.2) is 12.4 Å². The summed E-state index contributed by atoms with van der Waals surface area (Å²) in [4.78, 5) is 9.56. The van der Waals surface area contributed by atoms with Gasteiger partial charge in [-0.3, -0.25) is 0 Å². The minimum Gasteiger partial charge on any atom is -0.347 e. The summed E-state index contributed by atoms with van der Waals surface area (Å²) in [5.74, 6) is 0.851. The molecule has 14 heavy (non-hydrogen) atoms. The van der Waals surface area contributed by atoms with E-state index in [1.807, 2.05) is 13.1 Å². The predicted molar refractivity (Wildman–Crippen MR) is 57.9 cm³/mol. The van der Waals surface area contributed by atoms with E-state index in [0.717, 1.165) is 25.5 Å². The molecule has 1 heterocycles. The Kier molecular flexibility index (Phi) is 3.66. The highest BCUT2D eigenvalue weighted by Crippen LogP contribution is 2.14. The third kappa shape index (κ3) is 2.56. The zero-order valence-electron chi connectivity index (χ0n) is 9.25. The zero-order chi connectivity index (χ0) is 10.6. The van der Waals surface area contributed by atoms with Crippen LogP contribution in [0.2, 0.25) is 0 Å². The van der Waals surface area contributed by atoms with E-state index in [0.29, 0.717) is 0 Å². The molecule has 4 nitrogen and oxygen atoms in total. The number of rotatable bonds is 5. The van der Waals surface area contributed by atoms with Crippen molar-refractivity contribution in [2.24, 2.45) is 5.73 Å². The third-order valence-electron chi connectivity index (χ3n) is 2.49. The van der Waals surface area contributed by atoms with E-state index in [-0.39, 0.29) is 0 Å². The molecule has 0 spiro atoms. The van der Waals surface area contributed by atoms with Crippen molar-refractivity contribution in [1.82, 2.24) is 14.9 Å². The summed E-state index contributed by atoms with van der Waals surface area (Å²) in [6.07, 6.45) is 3.55. The summed E-state index contributed by atoms with van der Waals surface area (Å²) in [7, 11) is 0. The highest BCUT2D eigenvalue weighted by molar-refractivity contribution is 5.04. The molecule has 1 aromatic rings. The van der Waals surface area contributed by atoms with Gasteiger partial charge in [0.1, 0.15) is 5.82 Å². The van der Waals surface area contributed by atoms with Crippen LogP contribution in [0.4, 0.5) is 0 Å². The number of imidazole rings is 1. The molecule has 0 radical (unpaired) electrons. The van der Waals surface area contributed by atoms with E-state index < -0.39 is 5.54 Å². The topological polar surface area (TPSA) is 57.9 Å². The zero-order valence-corrected chi connectivity index (χ0v) is 9.25. The van der Waals surface area contributed by atoms with Crippen molar-refractivity contribution < 1.29 is 0 Å². The number of likely N-dealkylation sites (N-methyl/N-ethyl adjacent to an activating group) is 1. The minimum absolute atomic E-state index is 0.393. The second-order valence-electron chi connectivity index (χ2n) is 3.82. The Bertz CT molecular complexity index is 249. The van der Waals surface area contributed by atoms with Crippen LogP contribution in [-0.2, 0) is 5.54 Å². The highest BCUT2D eigenvalue weighted by atomic mass is 15.1. The van der Waals surface area contributed by atoms with Crippen molar-refractivity contribution in [3.63, 3.8) is 0 Å². The Hall–Kier alpha value is -0.870. The van der Waals surface area contributed by atoms with Crippen molar-refractivity contribution in [3.8, 4) is 0 Å². The lowest BCUT2D eigenvalue weighted by Gasteiger charge is -2.29. The fourth-order valence-corrected chi connectivity index (χ4v) is 1.56. The number of nitrogens with zero attached hydrogens (tertiary/aromatic N) is 2. The largest absolute Gasteiger partial charge is 0.347 e. The number of nitrogens with one attached hydrogen (secondary N) is 1. The Labute approximate surface area is 85.5 Å². The summed E-state index contributed by atoms with van der Waals surface area (Å²) in [6, 6.07) is 0. The SMILES string of the molecule is CCN(CC)CC(C)(N)c1ncc[nH]1. The minimum atomic E-state index is -0.393. The van der Waals surface area contributed by atoms with Gasteiger partial charge in [-0.15, -0.1) is 0 Å². The van der Waals surface area contributed by atoms with Gasteiger partial charge in [0.05, 0.1) is 5.54 Å². The molecular weight excluding hydrogens is 176 g/mol. The molecule has 1 unspecified atom stereocenters. The molecule has 0 aliphatic heterocycles. The van der Waals surface area contributed by atoms with Crippen molar-refractivity contribution >= 4 is 0 Å². The standard InChI is InChI=1S/C10H20N4/c1-4-14(5-2)8-10(3,11)9-12-6-7-13-9/h6-7H,4-5,8,11H2,1-3H3,(H,12,13). The Morgan fingerprint density at radius 3 is 2.57 bits per heavy atom. The molecule has 0 saturated heterocycles. The van der Waals surface area contributed by atoms with Gasteiger partial charge in [0.2, 0.25) is 0 Å². The van der Waals surface area contributed by atoms with Gasteiger partial charge in [0, 0.05) is 18.9 Å². The number of nitrogens with two attached hydrogens (primary N) is 1. The number of hydrogen-bond donors (Lipinski definition) is 2. The first-order valence-corrected chi connectivity index (χ1v) is 5.11. The molecule has 0 aliphatic rings. The fraction of sp³-hybridized carbons (Fsp3) is 0.700. The van der Waals surface area contributed by atoms with Crippen molar-refractivity contribution in [2.75, 3.05) is 19.6 Å². The van der Waals surface area contributed by atoms with E-state index in [4.69, 9.17) is 5.73 Å². The van der Waals surface area contributed by atoms with Gasteiger partial charge >= 0.3 is 0 Å². The summed E-state index contributed by atoms with van der Waals surface area (Å²) in [5, 5.41) is 0. The van der Waals surface area contributed by atoms with E-state index in [1.54, 1.807) is 6.20 Å². The van der Waals surface area contributed by atoms with E-state index >= 15 is 0 Å². The number of aromatic amines is 1. The summed E-state index contributed by atoms with van der Waals surface area (Å²) < 4.78 is 0. The van der Waals surface area contributed by atoms with Gasteiger partial charge in [-0.25, -0.2) is 4.98 Å². The van der Waals surface area contributed by atoms with E-state index in [1.165, 1.54) is 0 Å². The first-order valence-electron chi connectivity index (χ1n) is 5.11. The van der Waals surface area contributed by atoms with Crippen LogP contribution in [0.3, 0.4) is 0 Å². The molecule has 0 amide bonds. The van der Waals surface area contributed by atoms with Crippen molar-refractivity contribution in [1.29, 1.82) is 0 Å². The third-order valence-corrected chi connectivity index (χ3v) is 2.49. The number of aromatic nitrogens is 2. The quantitative estimate of drug-likeness (QED) is 0.736. The van der Waals surface area contributed by atoms with Gasteiger partial charge in [-0.05, 0) is 20.0 Å². The lowest BCUT2D eigenvalue weighted by molar-refractivity contribution is 0.231. The molecule has 1 aromatic heterocycles. The summed E-state index contributed by atoms with van der Waals surface area (Å²) >= 11 is 0. The first kappa shape index (κ1) is 11.2. The molecule has 0 aromatic carbocycles. The first-order chi connectivity index (χ1) is 6.60. The number of hydrogen-bond acceptors (Lipinski definition) is 3. The van der Waals surface area contributed by atoms with Crippen LogP contribution < -0.4 is 5.73 Å². The maximum Gasteiger partial charge on any atom is 0.127 e. The van der Waals surface area contributed by atoms with Crippen LogP contribution >= 0.6 is 0 Å². The molecule has 3 N–H and O–H groups in total. The second-order valence-corrected chi connectivity index (χ2v) is 3.82. The molecule has 0 aliphatic carbocycles. The van der Waals surface area contributed by atoms with Crippen LogP contribution in [0.1, 0.15) is 26.6 Å². The van der Waals surface area contributed by atoms with Crippen LogP contribution in [0.5, 0.6) is 0 Å². The number of H-pyrrole nitrogens is 1. The molecule has 0 bridgehead atoms. The predicted octanol–water partition coefficient (Wildman–Crippen LogP) is 0.925. The Morgan fingerprint density at radius 2 is 2.14 bits per heavy atom. The Morgan fingerprint density at radius 1 is 1.50 bits per heavy atom. The van der Waals surface area contributed by atoms with Crippen molar-refractivity contribution in [2.45, 2.75) is 26.3 Å². The second kappa shape index (κ2) is 4.57. The molecule has 1 atom stereocenters. The lowest BCUT2D eigenvalue weighted by atomic mass is 10.0.